The van der Waals surface area contributed by atoms with E-state index >= 15 is 0 Å². The summed E-state index contributed by atoms with van der Waals surface area (Å²) >= 11 is 3.14. The quantitative estimate of drug-likeness (QED) is 0.728. The molecule has 0 saturated carbocycles. The van der Waals surface area contributed by atoms with Gasteiger partial charge in [-0.25, -0.2) is 13.1 Å². The Balaban J connectivity index is 2.74. The summed E-state index contributed by atoms with van der Waals surface area (Å²) in [4.78, 5) is 2.04. The molecular formula is C11H20BrN3O3S. The summed E-state index contributed by atoms with van der Waals surface area (Å²) in [5.74, 6) is 0.585. The third kappa shape index (κ3) is 5.23. The van der Waals surface area contributed by atoms with E-state index < -0.39 is 10.0 Å². The van der Waals surface area contributed by atoms with Crippen molar-refractivity contribution < 1.29 is 12.8 Å². The summed E-state index contributed by atoms with van der Waals surface area (Å²) < 4.78 is 32.3. The van der Waals surface area contributed by atoms with Gasteiger partial charge in [0.2, 0.25) is 10.0 Å². The van der Waals surface area contributed by atoms with Gasteiger partial charge in [0, 0.05) is 19.2 Å². The number of nitrogens with one attached hydrogen (secondary N) is 2. The monoisotopic (exact) mass is 353 g/mol. The van der Waals surface area contributed by atoms with Crippen LogP contribution in [0.2, 0.25) is 0 Å². The molecule has 0 aliphatic rings. The van der Waals surface area contributed by atoms with Crippen molar-refractivity contribution in [3.8, 4) is 0 Å². The van der Waals surface area contributed by atoms with Crippen LogP contribution in [0.1, 0.15) is 12.7 Å². The second-order valence-electron chi connectivity index (χ2n) is 4.33. The van der Waals surface area contributed by atoms with E-state index in [0.29, 0.717) is 25.4 Å². The van der Waals surface area contributed by atoms with Gasteiger partial charge in [-0.2, -0.15) is 0 Å². The van der Waals surface area contributed by atoms with Crippen LogP contribution in [0.3, 0.4) is 0 Å². The number of hydrogen-bond donors (Lipinski definition) is 2. The molecule has 0 aromatic carbocycles. The van der Waals surface area contributed by atoms with Crippen LogP contribution in [0.5, 0.6) is 0 Å². The smallest absolute Gasteiger partial charge is 0.245 e. The van der Waals surface area contributed by atoms with Crippen LogP contribution in [0, 0.1) is 0 Å². The van der Waals surface area contributed by atoms with Crippen LogP contribution in [-0.4, -0.2) is 47.0 Å². The van der Waals surface area contributed by atoms with Crippen LogP contribution >= 0.6 is 15.9 Å². The van der Waals surface area contributed by atoms with Crippen molar-refractivity contribution in [2.45, 2.75) is 18.4 Å². The van der Waals surface area contributed by atoms with Crippen molar-refractivity contribution >= 4 is 26.0 Å². The Labute approximate surface area is 122 Å². The SMILES string of the molecule is CCNCc1cc(S(=O)(=O)NCCN(C)C)c(Br)o1. The fourth-order valence-corrected chi connectivity index (χ4v) is 3.41. The van der Waals surface area contributed by atoms with Gasteiger partial charge in [0.1, 0.15) is 10.7 Å². The largest absolute Gasteiger partial charge is 0.452 e. The molecular weight excluding hydrogens is 334 g/mol. The van der Waals surface area contributed by atoms with E-state index in [2.05, 4.69) is 26.0 Å². The second-order valence-corrected chi connectivity index (χ2v) is 6.79. The third-order valence-corrected chi connectivity index (χ3v) is 4.71. The van der Waals surface area contributed by atoms with E-state index in [-0.39, 0.29) is 9.56 Å². The molecule has 0 aliphatic heterocycles. The highest BCUT2D eigenvalue weighted by atomic mass is 79.9. The van der Waals surface area contributed by atoms with Crippen molar-refractivity contribution in [2.75, 3.05) is 33.7 Å². The predicted octanol–water partition coefficient (Wildman–Crippen LogP) is 0.991. The number of sulfonamides is 1. The molecule has 0 bridgehead atoms. The summed E-state index contributed by atoms with van der Waals surface area (Å²) in [5, 5.41) is 3.08. The zero-order valence-electron chi connectivity index (χ0n) is 11.4. The molecule has 2 N–H and O–H groups in total. The van der Waals surface area contributed by atoms with Gasteiger partial charge in [-0.05, 0) is 36.6 Å². The minimum Gasteiger partial charge on any atom is -0.452 e. The highest BCUT2D eigenvalue weighted by Gasteiger charge is 2.21. The molecule has 6 nitrogen and oxygen atoms in total. The summed E-state index contributed by atoms with van der Waals surface area (Å²) in [5.41, 5.74) is 0. The Morgan fingerprint density at radius 2 is 2.11 bits per heavy atom. The summed E-state index contributed by atoms with van der Waals surface area (Å²) in [7, 11) is 0.235. The molecule has 1 heterocycles. The van der Waals surface area contributed by atoms with Crippen molar-refractivity contribution in [2.24, 2.45) is 0 Å². The van der Waals surface area contributed by atoms with Crippen LogP contribution in [0.25, 0.3) is 0 Å². The first-order valence-electron chi connectivity index (χ1n) is 6.00. The molecule has 0 radical (unpaired) electrons. The van der Waals surface area contributed by atoms with Crippen molar-refractivity contribution in [1.82, 2.24) is 14.9 Å². The van der Waals surface area contributed by atoms with E-state index in [1.807, 2.05) is 25.9 Å². The lowest BCUT2D eigenvalue weighted by Gasteiger charge is -2.10. The lowest BCUT2D eigenvalue weighted by Crippen LogP contribution is -2.31. The number of furan rings is 1. The Hall–Kier alpha value is -0.410. The van der Waals surface area contributed by atoms with Crippen LogP contribution < -0.4 is 10.0 Å². The maximum Gasteiger partial charge on any atom is 0.245 e. The maximum atomic E-state index is 12.1. The zero-order chi connectivity index (χ0) is 14.5. The van der Waals surface area contributed by atoms with E-state index in [0.717, 1.165) is 6.54 Å². The molecule has 1 aromatic heterocycles. The lowest BCUT2D eigenvalue weighted by atomic mass is 10.4. The molecule has 0 aliphatic carbocycles. The molecule has 0 atom stereocenters. The molecule has 0 fully saturated rings. The fraction of sp³-hybridized carbons (Fsp3) is 0.636. The highest BCUT2D eigenvalue weighted by Crippen LogP contribution is 2.25. The second kappa shape index (κ2) is 7.39. The molecule has 0 unspecified atom stereocenters. The molecule has 1 rings (SSSR count). The number of halogens is 1. The number of rotatable bonds is 8. The van der Waals surface area contributed by atoms with Gasteiger partial charge in [-0.3, -0.25) is 0 Å². The molecule has 0 spiro atoms. The number of likely N-dealkylation sites (N-methyl/N-ethyl adjacent to an activating group) is 1. The normalized spacial score (nSPS) is 12.3. The first-order valence-corrected chi connectivity index (χ1v) is 8.27. The average molecular weight is 354 g/mol. The Bertz CT molecular complexity index is 499. The number of nitrogens with zero attached hydrogens (tertiary/aromatic N) is 1. The highest BCUT2D eigenvalue weighted by molar-refractivity contribution is 9.10. The summed E-state index contributed by atoms with van der Waals surface area (Å²) in [6, 6.07) is 1.53. The standard InChI is InChI=1S/C11H20BrN3O3S/c1-4-13-8-9-7-10(11(12)18-9)19(16,17)14-5-6-15(2)3/h7,13-14H,4-6,8H2,1-3H3. The molecule has 110 valence electrons. The number of hydrogen-bond acceptors (Lipinski definition) is 5. The van der Waals surface area contributed by atoms with Crippen molar-refractivity contribution in [3.05, 3.63) is 16.5 Å². The van der Waals surface area contributed by atoms with Gasteiger partial charge in [-0.1, -0.05) is 6.92 Å². The summed E-state index contributed by atoms with van der Waals surface area (Å²) in [6.45, 7) is 4.26. The Morgan fingerprint density at radius 1 is 1.42 bits per heavy atom. The van der Waals surface area contributed by atoms with Crippen LogP contribution in [-0.2, 0) is 16.6 Å². The van der Waals surface area contributed by atoms with Gasteiger partial charge in [-0.15, -0.1) is 0 Å². The van der Waals surface area contributed by atoms with E-state index in [4.69, 9.17) is 4.42 Å². The fourth-order valence-electron chi connectivity index (χ4n) is 1.40. The van der Waals surface area contributed by atoms with E-state index in [1.54, 1.807) is 0 Å². The van der Waals surface area contributed by atoms with Crippen molar-refractivity contribution in [3.63, 3.8) is 0 Å². The average Bonchev–Trinajstić information content (AvgIpc) is 2.68. The minimum absolute atomic E-state index is 0.138. The molecule has 1 aromatic rings. The van der Waals surface area contributed by atoms with Crippen LogP contribution in [0.4, 0.5) is 0 Å². The van der Waals surface area contributed by atoms with Gasteiger partial charge in [0.15, 0.2) is 4.67 Å². The van der Waals surface area contributed by atoms with Gasteiger partial charge in [0.05, 0.1) is 6.54 Å². The van der Waals surface area contributed by atoms with E-state index in [9.17, 15) is 8.42 Å². The molecule has 8 heteroatoms. The lowest BCUT2D eigenvalue weighted by molar-refractivity contribution is 0.412. The molecule has 19 heavy (non-hydrogen) atoms. The topological polar surface area (TPSA) is 74.6 Å². The third-order valence-electron chi connectivity index (χ3n) is 2.40. The minimum atomic E-state index is -3.54. The van der Waals surface area contributed by atoms with Gasteiger partial charge < -0.3 is 14.6 Å². The molecule has 0 saturated heterocycles. The van der Waals surface area contributed by atoms with Gasteiger partial charge in [0.25, 0.3) is 0 Å². The first-order chi connectivity index (χ1) is 8.86. The first kappa shape index (κ1) is 16.6. The zero-order valence-corrected chi connectivity index (χ0v) is 13.8. The Kier molecular flexibility index (Phi) is 6.48. The Morgan fingerprint density at radius 3 is 2.68 bits per heavy atom. The predicted molar refractivity (Wildman–Crippen MR) is 77.5 cm³/mol. The molecule has 0 amide bonds. The van der Waals surface area contributed by atoms with Crippen LogP contribution in [0.15, 0.2) is 20.0 Å². The maximum absolute atomic E-state index is 12.1. The summed E-state index contributed by atoms with van der Waals surface area (Å²) in [6.07, 6.45) is 0. The van der Waals surface area contributed by atoms with Gasteiger partial charge >= 0.3 is 0 Å². The van der Waals surface area contributed by atoms with Crippen molar-refractivity contribution in [1.29, 1.82) is 0 Å². The van der Waals surface area contributed by atoms with E-state index in [1.165, 1.54) is 6.07 Å².